The fourth-order valence-electron chi connectivity index (χ4n) is 3.67. The SMILES string of the molecule is CCCCCCCCCCCCCC(=O)[O-].CCCCCCCCCCC[CH2][K].[K+]. The first-order valence-corrected chi connectivity index (χ1v) is 15.6. The topological polar surface area (TPSA) is 40.1 Å². The molecule has 0 aliphatic rings. The first kappa shape index (κ1) is 37.3. The van der Waals surface area contributed by atoms with E-state index in [2.05, 4.69) is 13.8 Å². The van der Waals surface area contributed by atoms with Gasteiger partial charge in [0, 0.05) is 5.97 Å². The summed E-state index contributed by atoms with van der Waals surface area (Å²) in [6.45, 7) is 4.53. The van der Waals surface area contributed by atoms with Crippen molar-refractivity contribution < 1.29 is 61.3 Å². The number of unbranched alkanes of at least 4 members (excludes halogenated alkanes) is 19. The smallest absolute Gasteiger partial charge is 1.00 e. The summed E-state index contributed by atoms with van der Waals surface area (Å²) in [5.41, 5.74) is 0. The number of carboxylic acid groups (broad SMARTS) is 1. The number of carboxylic acids is 1. The Kier molecular flexibility index (Phi) is 45.1. The van der Waals surface area contributed by atoms with Gasteiger partial charge >= 0.3 is 172 Å². The normalized spacial score (nSPS) is 10.3. The molecule has 0 aliphatic heterocycles. The van der Waals surface area contributed by atoms with Crippen molar-refractivity contribution in [1.29, 1.82) is 0 Å². The number of carbonyl (C=O) groups is 1. The molecule has 0 aromatic rings. The van der Waals surface area contributed by atoms with Crippen LogP contribution in [0.25, 0.3) is 0 Å². The molecule has 30 heavy (non-hydrogen) atoms. The average Bonchev–Trinajstić information content (AvgIpc) is 2.71. The summed E-state index contributed by atoms with van der Waals surface area (Å²) in [6, 6.07) is 0. The quantitative estimate of drug-likeness (QED) is 0.165. The van der Waals surface area contributed by atoms with E-state index in [0.717, 1.165) is 61.8 Å². The molecular formula is C26H52K2O2. The monoisotopic (exact) mass is 474 g/mol. The molecule has 0 radical (unpaired) electrons. The van der Waals surface area contributed by atoms with Crippen LogP contribution >= 0.6 is 0 Å². The van der Waals surface area contributed by atoms with Crippen molar-refractivity contribution in [3.63, 3.8) is 0 Å². The largest absolute Gasteiger partial charge is 1.00 e. The van der Waals surface area contributed by atoms with E-state index in [4.69, 9.17) is 0 Å². The standard InChI is InChI=1S/C14H28O2.C12H25.2K/c1-2-3-4-5-6-7-8-9-10-11-12-13-14(15)16;1-3-5-7-9-11-12-10-8-6-4-2;;/h2-13H2,1H3,(H,15,16);1,3-12H2,2H3;;/q;;;+1/p-1. The van der Waals surface area contributed by atoms with Gasteiger partial charge in [0.1, 0.15) is 0 Å². The van der Waals surface area contributed by atoms with E-state index < -0.39 is 5.97 Å². The van der Waals surface area contributed by atoms with Gasteiger partial charge in [-0.1, -0.05) is 71.1 Å². The number of rotatable bonds is 22. The van der Waals surface area contributed by atoms with Gasteiger partial charge in [0.15, 0.2) is 0 Å². The maximum atomic E-state index is 10.1. The molecule has 0 fully saturated rings. The molecule has 0 spiro atoms. The number of aliphatic carboxylic acids is 1. The molecule has 0 amide bonds. The third-order valence-corrected chi connectivity index (χ3v) is 6.80. The Labute approximate surface area is 267 Å². The van der Waals surface area contributed by atoms with Gasteiger partial charge in [0.2, 0.25) is 0 Å². The number of hydrogen-bond acceptors (Lipinski definition) is 2. The molecule has 0 aromatic heterocycles. The Bertz CT molecular complexity index is 289. The summed E-state index contributed by atoms with van der Waals surface area (Å²) in [5, 5.41) is 10.1. The maximum Gasteiger partial charge on any atom is 1.00 e. The summed E-state index contributed by atoms with van der Waals surface area (Å²) in [7, 11) is 0. The van der Waals surface area contributed by atoms with Crippen molar-refractivity contribution in [3.8, 4) is 0 Å². The third-order valence-electron chi connectivity index (χ3n) is 5.69. The average molecular weight is 475 g/mol. The van der Waals surface area contributed by atoms with Crippen LogP contribution in [0.15, 0.2) is 0 Å². The van der Waals surface area contributed by atoms with Crippen LogP contribution in [0.1, 0.15) is 155 Å². The molecule has 0 bridgehead atoms. The molecule has 0 saturated carbocycles. The van der Waals surface area contributed by atoms with E-state index >= 15 is 0 Å². The predicted octanol–water partition coefficient (Wildman–Crippen LogP) is 4.94. The van der Waals surface area contributed by atoms with Crippen molar-refractivity contribution in [2.24, 2.45) is 0 Å². The fraction of sp³-hybridized carbons (Fsp3) is 0.962. The number of carbonyl (C=O) groups excluding carboxylic acids is 1. The zero-order chi connectivity index (χ0) is 21.8. The van der Waals surface area contributed by atoms with Gasteiger partial charge in [-0.05, 0) is 12.8 Å². The number of hydrogen-bond donors (Lipinski definition) is 0. The minimum atomic E-state index is -0.907. The minimum absolute atomic E-state index is 0. The fourth-order valence-corrected chi connectivity index (χ4v) is 4.45. The third kappa shape index (κ3) is 41.0. The molecule has 170 valence electrons. The molecule has 0 N–H and O–H groups in total. The van der Waals surface area contributed by atoms with Gasteiger partial charge in [0.25, 0.3) is 0 Å². The summed E-state index contributed by atoms with van der Waals surface area (Å²) in [5.74, 6) is -0.907. The first-order chi connectivity index (χ1) is 14.2. The Hall–Kier alpha value is 2.74. The Morgan fingerprint density at radius 3 is 1.07 bits per heavy atom. The molecule has 2 nitrogen and oxygen atoms in total. The van der Waals surface area contributed by atoms with Crippen LogP contribution < -0.4 is 56.5 Å². The molecule has 0 saturated heterocycles. The molecule has 0 atom stereocenters. The zero-order valence-electron chi connectivity index (χ0n) is 21.6. The van der Waals surface area contributed by atoms with Crippen molar-refractivity contribution in [2.75, 3.05) is 0 Å². The van der Waals surface area contributed by atoms with Crippen LogP contribution in [-0.2, 0) is 4.79 Å². The molecular weight excluding hydrogens is 422 g/mol. The summed E-state index contributed by atoms with van der Waals surface area (Å²) in [6.07, 6.45) is 28.8. The van der Waals surface area contributed by atoms with Gasteiger partial charge in [-0.25, -0.2) is 0 Å². The van der Waals surface area contributed by atoms with Crippen LogP contribution in [0.2, 0.25) is 0.515 Å². The van der Waals surface area contributed by atoms with Crippen LogP contribution in [0, 0.1) is 0 Å². The first-order valence-electron chi connectivity index (χ1n) is 13.4. The molecule has 4 heteroatoms. The predicted molar refractivity (Wildman–Crippen MR) is 128 cm³/mol. The second-order valence-corrected chi connectivity index (χ2v) is 10.4. The Morgan fingerprint density at radius 1 is 0.533 bits per heavy atom. The van der Waals surface area contributed by atoms with Crippen LogP contribution in [0.3, 0.4) is 0 Å². The molecule has 0 heterocycles. The minimum Gasteiger partial charge on any atom is 1.00 e. The second-order valence-electron chi connectivity index (χ2n) is 8.84. The van der Waals surface area contributed by atoms with Gasteiger partial charge < -0.3 is 9.90 Å². The van der Waals surface area contributed by atoms with Gasteiger partial charge in [-0.15, -0.1) is 0 Å². The maximum absolute atomic E-state index is 10.1. The van der Waals surface area contributed by atoms with Crippen molar-refractivity contribution in [1.82, 2.24) is 0 Å². The van der Waals surface area contributed by atoms with E-state index in [1.165, 1.54) is 122 Å². The van der Waals surface area contributed by atoms with Crippen molar-refractivity contribution >= 4 is 54.9 Å². The summed E-state index contributed by atoms with van der Waals surface area (Å²) >= 11 is 1.10. The summed E-state index contributed by atoms with van der Waals surface area (Å²) < 4.78 is 1.56. The van der Waals surface area contributed by atoms with Gasteiger partial charge in [-0.3, -0.25) is 0 Å². The van der Waals surface area contributed by atoms with E-state index in [-0.39, 0.29) is 57.8 Å². The van der Waals surface area contributed by atoms with Gasteiger partial charge in [-0.2, -0.15) is 0 Å². The Morgan fingerprint density at radius 2 is 0.800 bits per heavy atom. The van der Waals surface area contributed by atoms with Crippen molar-refractivity contribution in [3.05, 3.63) is 0 Å². The molecule has 0 aliphatic carbocycles. The molecule has 0 unspecified atom stereocenters. The van der Waals surface area contributed by atoms with Crippen molar-refractivity contribution in [2.45, 2.75) is 156 Å². The second kappa shape index (κ2) is 36.3. The van der Waals surface area contributed by atoms with Crippen LogP contribution in [-0.4, -0.2) is 54.9 Å². The van der Waals surface area contributed by atoms with Crippen LogP contribution in [0.5, 0.6) is 0 Å². The van der Waals surface area contributed by atoms with Gasteiger partial charge in [0.05, 0.1) is 0 Å². The van der Waals surface area contributed by atoms with E-state index in [1.807, 2.05) is 0 Å². The van der Waals surface area contributed by atoms with E-state index in [0.29, 0.717) is 0 Å². The molecule has 0 rings (SSSR count). The van der Waals surface area contributed by atoms with Crippen LogP contribution in [0.4, 0.5) is 0 Å². The zero-order valence-corrected chi connectivity index (χ0v) is 27.8. The summed E-state index contributed by atoms with van der Waals surface area (Å²) in [4.78, 5) is 10.1. The van der Waals surface area contributed by atoms with E-state index in [9.17, 15) is 9.90 Å². The van der Waals surface area contributed by atoms with E-state index in [1.54, 1.807) is 0.515 Å². The Balaban J connectivity index is -0.000000480. The molecule has 0 aromatic carbocycles.